The molecule has 0 saturated heterocycles. The Morgan fingerprint density at radius 3 is 2.83 bits per heavy atom. The molecule has 1 aromatic carbocycles. The fourth-order valence-electron chi connectivity index (χ4n) is 2.52. The molecule has 0 fully saturated rings. The van der Waals surface area contributed by atoms with E-state index in [0.717, 1.165) is 30.0 Å². The highest BCUT2D eigenvalue weighted by molar-refractivity contribution is 5.92. The first-order valence-electron chi connectivity index (χ1n) is 7.71. The molecule has 0 spiro atoms. The van der Waals surface area contributed by atoms with Gasteiger partial charge in [0.2, 0.25) is 0 Å². The van der Waals surface area contributed by atoms with Crippen LogP contribution in [0, 0.1) is 13.8 Å². The number of guanidine groups is 1. The van der Waals surface area contributed by atoms with Gasteiger partial charge in [-0.3, -0.25) is 9.67 Å². The first kappa shape index (κ1) is 16.9. The van der Waals surface area contributed by atoms with Crippen molar-refractivity contribution in [2.24, 2.45) is 17.8 Å². The lowest BCUT2D eigenvalue weighted by Crippen LogP contribution is -2.22. The summed E-state index contributed by atoms with van der Waals surface area (Å²) in [6.45, 7) is 4.82. The summed E-state index contributed by atoms with van der Waals surface area (Å²) in [7, 11) is 3.61. The zero-order valence-electron chi connectivity index (χ0n) is 14.3. The summed E-state index contributed by atoms with van der Waals surface area (Å²) in [5.74, 6) is 1.20. The fraction of sp³-hybridized carbons (Fsp3) is 0.412. The van der Waals surface area contributed by atoms with Crippen molar-refractivity contribution >= 4 is 11.6 Å². The van der Waals surface area contributed by atoms with Crippen molar-refractivity contribution in [2.75, 3.05) is 19.0 Å². The van der Waals surface area contributed by atoms with Gasteiger partial charge in [0, 0.05) is 31.0 Å². The van der Waals surface area contributed by atoms with E-state index < -0.39 is 0 Å². The third-order valence-electron chi connectivity index (χ3n) is 3.87. The topological polar surface area (TPSA) is 77.5 Å². The van der Waals surface area contributed by atoms with E-state index in [1.54, 1.807) is 7.11 Å². The number of ether oxygens (including phenoxy) is 1. The van der Waals surface area contributed by atoms with Crippen LogP contribution in [0.5, 0.6) is 5.75 Å². The van der Waals surface area contributed by atoms with Crippen LogP contribution in [-0.4, -0.2) is 29.4 Å². The largest absolute Gasteiger partial charge is 0.497 e. The first-order chi connectivity index (χ1) is 11.0. The summed E-state index contributed by atoms with van der Waals surface area (Å²) in [6, 6.07) is 7.59. The van der Waals surface area contributed by atoms with E-state index >= 15 is 0 Å². The molecule has 3 N–H and O–H groups in total. The second-order valence-electron chi connectivity index (χ2n) is 5.50. The maximum absolute atomic E-state index is 5.92. The van der Waals surface area contributed by atoms with E-state index in [4.69, 9.17) is 10.5 Å². The number of methoxy groups -OCH3 is 1. The molecule has 1 aromatic heterocycles. The second kappa shape index (κ2) is 7.67. The van der Waals surface area contributed by atoms with Crippen molar-refractivity contribution < 1.29 is 4.74 Å². The summed E-state index contributed by atoms with van der Waals surface area (Å²) >= 11 is 0. The standard InChI is InChI=1S/C17H25N5O/c1-12-16(13(2)22(3)21-12)9-6-10-19-17(18)20-14-7-5-8-15(11-14)23-4/h5,7-8,11H,6,9-10H2,1-4H3,(H3,18,19,20). The van der Waals surface area contributed by atoms with E-state index in [9.17, 15) is 0 Å². The Kier molecular flexibility index (Phi) is 5.62. The molecule has 124 valence electrons. The van der Waals surface area contributed by atoms with Gasteiger partial charge in [0.25, 0.3) is 0 Å². The summed E-state index contributed by atoms with van der Waals surface area (Å²) in [6.07, 6.45) is 1.90. The van der Waals surface area contributed by atoms with Crippen LogP contribution < -0.4 is 15.8 Å². The Balaban J connectivity index is 1.85. The van der Waals surface area contributed by atoms with Crippen LogP contribution >= 0.6 is 0 Å². The van der Waals surface area contributed by atoms with Crippen molar-refractivity contribution in [3.05, 3.63) is 41.2 Å². The van der Waals surface area contributed by atoms with Crippen molar-refractivity contribution in [1.29, 1.82) is 0 Å². The lowest BCUT2D eigenvalue weighted by atomic mass is 10.1. The number of nitrogens with two attached hydrogens (primary N) is 1. The number of rotatable bonds is 6. The molecule has 0 aliphatic carbocycles. The van der Waals surface area contributed by atoms with Crippen LogP contribution in [0.4, 0.5) is 5.69 Å². The number of aryl methyl sites for hydroxylation is 2. The average Bonchev–Trinajstić information content (AvgIpc) is 2.77. The van der Waals surface area contributed by atoms with Crippen LogP contribution in [0.2, 0.25) is 0 Å². The molecule has 0 aliphatic rings. The van der Waals surface area contributed by atoms with Crippen LogP contribution in [0.15, 0.2) is 29.3 Å². The molecular weight excluding hydrogens is 290 g/mol. The highest BCUT2D eigenvalue weighted by Gasteiger charge is 2.08. The maximum Gasteiger partial charge on any atom is 0.193 e. The summed E-state index contributed by atoms with van der Waals surface area (Å²) < 4.78 is 7.10. The zero-order valence-corrected chi connectivity index (χ0v) is 14.3. The molecule has 0 radical (unpaired) electrons. The minimum Gasteiger partial charge on any atom is -0.497 e. The highest BCUT2D eigenvalue weighted by atomic mass is 16.5. The van der Waals surface area contributed by atoms with Crippen molar-refractivity contribution in [2.45, 2.75) is 26.7 Å². The molecular formula is C17H25N5O. The van der Waals surface area contributed by atoms with Crippen LogP contribution in [0.1, 0.15) is 23.4 Å². The van der Waals surface area contributed by atoms with Crippen LogP contribution in [-0.2, 0) is 13.5 Å². The molecule has 2 rings (SSSR count). The van der Waals surface area contributed by atoms with Crippen molar-refractivity contribution in [1.82, 2.24) is 9.78 Å². The Hall–Kier alpha value is -2.50. The second-order valence-corrected chi connectivity index (χ2v) is 5.50. The number of aliphatic imine (C=N–C) groups is 1. The van der Waals surface area contributed by atoms with Gasteiger partial charge in [-0.2, -0.15) is 5.10 Å². The van der Waals surface area contributed by atoms with Crippen LogP contribution in [0.25, 0.3) is 0 Å². The molecule has 0 amide bonds. The quantitative estimate of drug-likeness (QED) is 0.487. The number of hydrogen-bond acceptors (Lipinski definition) is 3. The predicted molar refractivity (Wildman–Crippen MR) is 94.1 cm³/mol. The Labute approximate surface area is 137 Å². The van der Waals surface area contributed by atoms with Crippen LogP contribution in [0.3, 0.4) is 0 Å². The number of hydrogen-bond donors (Lipinski definition) is 2. The van der Waals surface area contributed by atoms with Gasteiger partial charge in [-0.05, 0) is 44.4 Å². The number of anilines is 1. The van der Waals surface area contributed by atoms with Gasteiger partial charge < -0.3 is 15.8 Å². The van der Waals surface area contributed by atoms with E-state index in [-0.39, 0.29) is 0 Å². The average molecular weight is 315 g/mol. The molecule has 0 aliphatic heterocycles. The molecule has 0 bridgehead atoms. The first-order valence-corrected chi connectivity index (χ1v) is 7.71. The Morgan fingerprint density at radius 1 is 1.39 bits per heavy atom. The molecule has 2 aromatic rings. The Bertz CT molecular complexity index is 690. The minimum absolute atomic E-state index is 0.415. The van der Waals surface area contributed by atoms with E-state index in [0.29, 0.717) is 12.5 Å². The van der Waals surface area contributed by atoms with Gasteiger partial charge in [-0.25, -0.2) is 0 Å². The molecule has 0 atom stereocenters. The molecule has 1 heterocycles. The van der Waals surface area contributed by atoms with Crippen molar-refractivity contribution in [3.8, 4) is 5.75 Å². The zero-order chi connectivity index (χ0) is 16.8. The van der Waals surface area contributed by atoms with Gasteiger partial charge in [0.15, 0.2) is 5.96 Å². The Morgan fingerprint density at radius 2 is 2.17 bits per heavy atom. The normalized spacial score (nSPS) is 11.6. The minimum atomic E-state index is 0.415. The molecule has 0 unspecified atom stereocenters. The fourth-order valence-corrected chi connectivity index (χ4v) is 2.52. The monoisotopic (exact) mass is 315 g/mol. The van der Waals surface area contributed by atoms with Gasteiger partial charge in [-0.15, -0.1) is 0 Å². The molecule has 23 heavy (non-hydrogen) atoms. The summed E-state index contributed by atoms with van der Waals surface area (Å²) in [4.78, 5) is 4.37. The van der Waals surface area contributed by atoms with E-state index in [2.05, 4.69) is 22.3 Å². The third kappa shape index (κ3) is 4.48. The summed E-state index contributed by atoms with van der Waals surface area (Å²) in [5, 5.41) is 7.50. The maximum atomic E-state index is 5.92. The van der Waals surface area contributed by atoms with Gasteiger partial charge in [0.1, 0.15) is 5.75 Å². The van der Waals surface area contributed by atoms with Crippen molar-refractivity contribution in [3.63, 3.8) is 0 Å². The molecule has 6 heteroatoms. The lowest BCUT2D eigenvalue weighted by molar-refractivity contribution is 0.415. The number of nitrogens with one attached hydrogen (secondary N) is 1. The van der Waals surface area contributed by atoms with E-state index in [1.807, 2.05) is 42.9 Å². The summed E-state index contributed by atoms with van der Waals surface area (Å²) in [5.41, 5.74) is 10.4. The lowest BCUT2D eigenvalue weighted by Gasteiger charge is -2.07. The number of benzene rings is 1. The van der Waals surface area contributed by atoms with Gasteiger partial charge in [-0.1, -0.05) is 6.07 Å². The smallest absolute Gasteiger partial charge is 0.193 e. The predicted octanol–water partition coefficient (Wildman–Crippen LogP) is 2.40. The van der Waals surface area contributed by atoms with E-state index in [1.165, 1.54) is 11.3 Å². The number of nitrogens with zero attached hydrogens (tertiary/aromatic N) is 3. The highest BCUT2D eigenvalue weighted by Crippen LogP contribution is 2.16. The number of aromatic nitrogens is 2. The van der Waals surface area contributed by atoms with Gasteiger partial charge >= 0.3 is 0 Å². The SMILES string of the molecule is COc1cccc(NC(N)=NCCCc2c(C)nn(C)c2C)c1. The molecule has 6 nitrogen and oxygen atoms in total. The van der Waals surface area contributed by atoms with Gasteiger partial charge in [0.05, 0.1) is 12.8 Å². The molecule has 0 saturated carbocycles. The third-order valence-corrected chi connectivity index (χ3v) is 3.87.